The van der Waals surface area contributed by atoms with Crippen molar-refractivity contribution in [3.05, 3.63) is 34.9 Å². The summed E-state index contributed by atoms with van der Waals surface area (Å²) >= 11 is 0. The minimum atomic E-state index is -2.60. The number of piperazine rings is 1. The maximum atomic E-state index is 12.6. The lowest BCUT2D eigenvalue weighted by atomic mass is 9.96. The topological polar surface area (TPSA) is 70.8 Å². The van der Waals surface area contributed by atoms with Gasteiger partial charge in [0.05, 0.1) is 30.4 Å². The zero-order valence-electron chi connectivity index (χ0n) is 16.3. The summed E-state index contributed by atoms with van der Waals surface area (Å²) in [6, 6.07) is 5.34. The van der Waals surface area contributed by atoms with Gasteiger partial charge < -0.3 is 14.7 Å². The molecule has 4 rings (SSSR count). The normalized spacial score (nSPS) is 23.8. The van der Waals surface area contributed by atoms with Crippen molar-refractivity contribution in [2.75, 3.05) is 50.8 Å². The maximum Gasteiger partial charge on any atom is 0.261 e. The van der Waals surface area contributed by atoms with E-state index in [0.29, 0.717) is 24.1 Å². The number of rotatable bonds is 5. The molecule has 9 heteroatoms. The first-order valence-electron chi connectivity index (χ1n) is 9.98. The molecular weight excluding hydrogens is 382 g/mol. The predicted octanol–water partition coefficient (Wildman–Crippen LogP) is 1.33. The van der Waals surface area contributed by atoms with Gasteiger partial charge in [0.25, 0.3) is 12.0 Å². The Morgan fingerprint density at radius 3 is 2.72 bits per heavy atom. The summed E-state index contributed by atoms with van der Waals surface area (Å²) in [5.74, 6) is 0. The maximum absolute atomic E-state index is 12.6. The van der Waals surface area contributed by atoms with E-state index in [1.165, 1.54) is 6.33 Å². The lowest BCUT2D eigenvalue weighted by Crippen LogP contribution is -2.54. The van der Waals surface area contributed by atoms with Crippen LogP contribution in [0.1, 0.15) is 12.8 Å². The Bertz CT molecular complexity index is 906. The molecule has 29 heavy (non-hydrogen) atoms. The van der Waals surface area contributed by atoms with Gasteiger partial charge in [-0.15, -0.1) is 0 Å². The van der Waals surface area contributed by atoms with E-state index in [4.69, 9.17) is 4.74 Å². The fraction of sp³-hybridized carbons (Fsp3) is 0.600. The Labute approximate surface area is 167 Å². The van der Waals surface area contributed by atoms with Crippen LogP contribution in [0.25, 0.3) is 10.9 Å². The number of β-amino-alcohol motifs (C(OH)–C–C–N with tert-alkyl or cyclic N) is 1. The second kappa shape index (κ2) is 8.33. The number of halogens is 2. The molecule has 1 aromatic heterocycles. The van der Waals surface area contributed by atoms with Crippen LogP contribution < -0.4 is 10.5 Å². The standard InChI is InChI=1S/C20H26F2N4O3/c21-18(22)11-26-14-23-17-10-15(2-3-16(17)19(26)27)25-7-5-24(6-8-25)12-20(28)4-1-9-29-13-20/h2-3,10,14,18,28H,1,4-9,11-13H2. The molecule has 1 unspecified atom stereocenters. The molecule has 0 aliphatic carbocycles. The summed E-state index contributed by atoms with van der Waals surface area (Å²) < 4.78 is 31.6. The van der Waals surface area contributed by atoms with Gasteiger partial charge in [0.1, 0.15) is 5.60 Å². The van der Waals surface area contributed by atoms with Crippen molar-refractivity contribution in [1.29, 1.82) is 0 Å². The first-order valence-corrected chi connectivity index (χ1v) is 9.98. The van der Waals surface area contributed by atoms with Crippen LogP contribution >= 0.6 is 0 Å². The smallest absolute Gasteiger partial charge is 0.261 e. The molecule has 2 aliphatic heterocycles. The van der Waals surface area contributed by atoms with Gasteiger partial charge >= 0.3 is 0 Å². The van der Waals surface area contributed by atoms with Gasteiger partial charge in [0, 0.05) is 45.0 Å². The number of ether oxygens (including phenoxy) is 1. The third-order valence-corrected chi connectivity index (χ3v) is 5.70. The van der Waals surface area contributed by atoms with Crippen LogP contribution in [0.2, 0.25) is 0 Å². The van der Waals surface area contributed by atoms with E-state index >= 15 is 0 Å². The number of benzene rings is 1. The van der Waals surface area contributed by atoms with Crippen LogP contribution in [0.4, 0.5) is 14.5 Å². The van der Waals surface area contributed by atoms with E-state index < -0.39 is 24.1 Å². The lowest BCUT2D eigenvalue weighted by Gasteiger charge is -2.41. The average Bonchev–Trinajstić information content (AvgIpc) is 2.70. The summed E-state index contributed by atoms with van der Waals surface area (Å²) in [6.07, 6.45) is 0.248. The van der Waals surface area contributed by atoms with Crippen molar-refractivity contribution in [2.45, 2.75) is 31.4 Å². The molecule has 1 aromatic carbocycles. The van der Waals surface area contributed by atoms with E-state index in [9.17, 15) is 18.7 Å². The zero-order valence-corrected chi connectivity index (χ0v) is 16.3. The SMILES string of the molecule is O=c1c2ccc(N3CCN(CC4(O)CCCOC4)CC3)cc2ncn1CC(F)F. The molecular formula is C20H26F2N4O3. The Balaban J connectivity index is 1.42. The molecule has 1 N–H and O–H groups in total. The van der Waals surface area contributed by atoms with Gasteiger partial charge in [-0.3, -0.25) is 14.3 Å². The average molecular weight is 408 g/mol. The number of nitrogens with zero attached hydrogens (tertiary/aromatic N) is 4. The highest BCUT2D eigenvalue weighted by Gasteiger charge is 2.33. The van der Waals surface area contributed by atoms with Crippen LogP contribution in [0, 0.1) is 0 Å². The number of fused-ring (bicyclic) bond motifs is 1. The van der Waals surface area contributed by atoms with E-state index in [0.717, 1.165) is 55.9 Å². The molecule has 0 radical (unpaired) electrons. The molecule has 1 atom stereocenters. The van der Waals surface area contributed by atoms with E-state index in [1.54, 1.807) is 6.07 Å². The van der Waals surface area contributed by atoms with Crippen molar-refractivity contribution < 1.29 is 18.6 Å². The van der Waals surface area contributed by atoms with Crippen molar-refractivity contribution in [1.82, 2.24) is 14.5 Å². The first kappa shape index (κ1) is 20.2. The van der Waals surface area contributed by atoms with E-state index in [1.807, 2.05) is 12.1 Å². The Hall–Kier alpha value is -2.10. The minimum Gasteiger partial charge on any atom is -0.386 e. The predicted molar refractivity (Wildman–Crippen MR) is 106 cm³/mol. The summed E-state index contributed by atoms with van der Waals surface area (Å²) in [7, 11) is 0. The molecule has 0 saturated carbocycles. The quantitative estimate of drug-likeness (QED) is 0.805. The molecule has 158 valence electrons. The lowest BCUT2D eigenvalue weighted by molar-refractivity contribution is -0.100. The molecule has 2 aliphatic rings. The van der Waals surface area contributed by atoms with Crippen molar-refractivity contribution in [3.8, 4) is 0 Å². The fourth-order valence-corrected chi connectivity index (χ4v) is 4.16. The number of hydrogen-bond donors (Lipinski definition) is 1. The molecule has 0 bridgehead atoms. The van der Waals surface area contributed by atoms with Crippen LogP contribution in [0.3, 0.4) is 0 Å². The Morgan fingerprint density at radius 2 is 2.03 bits per heavy atom. The molecule has 2 fully saturated rings. The van der Waals surface area contributed by atoms with Gasteiger partial charge in [0.2, 0.25) is 0 Å². The van der Waals surface area contributed by atoms with Crippen LogP contribution in [-0.4, -0.2) is 77.5 Å². The van der Waals surface area contributed by atoms with Gasteiger partial charge in [-0.1, -0.05) is 0 Å². The van der Waals surface area contributed by atoms with Crippen molar-refractivity contribution in [2.24, 2.45) is 0 Å². The second-order valence-corrected chi connectivity index (χ2v) is 7.94. The van der Waals surface area contributed by atoms with Gasteiger partial charge in [-0.05, 0) is 31.0 Å². The van der Waals surface area contributed by atoms with Gasteiger partial charge in [-0.25, -0.2) is 13.8 Å². The monoisotopic (exact) mass is 408 g/mol. The first-order chi connectivity index (χ1) is 13.9. The molecule has 2 saturated heterocycles. The minimum absolute atomic E-state index is 0.343. The van der Waals surface area contributed by atoms with Crippen molar-refractivity contribution >= 4 is 16.6 Å². The number of anilines is 1. The highest BCUT2D eigenvalue weighted by atomic mass is 19.3. The van der Waals surface area contributed by atoms with Gasteiger partial charge in [-0.2, -0.15) is 0 Å². The Morgan fingerprint density at radius 1 is 1.24 bits per heavy atom. The van der Waals surface area contributed by atoms with E-state index in [2.05, 4.69) is 14.8 Å². The number of hydrogen-bond acceptors (Lipinski definition) is 6. The fourth-order valence-electron chi connectivity index (χ4n) is 4.16. The molecule has 3 heterocycles. The third-order valence-electron chi connectivity index (χ3n) is 5.70. The highest BCUT2D eigenvalue weighted by Crippen LogP contribution is 2.23. The van der Waals surface area contributed by atoms with Crippen LogP contribution in [-0.2, 0) is 11.3 Å². The van der Waals surface area contributed by atoms with Crippen molar-refractivity contribution in [3.63, 3.8) is 0 Å². The molecule has 2 aromatic rings. The Kier molecular flexibility index (Phi) is 5.80. The summed E-state index contributed by atoms with van der Waals surface area (Å²) in [6.45, 7) is 4.32. The summed E-state index contributed by atoms with van der Waals surface area (Å²) in [5, 5.41) is 11.0. The van der Waals surface area contributed by atoms with Crippen LogP contribution in [0.15, 0.2) is 29.3 Å². The second-order valence-electron chi connectivity index (χ2n) is 7.94. The number of aromatic nitrogens is 2. The summed E-state index contributed by atoms with van der Waals surface area (Å²) in [5.41, 5.74) is 0.255. The molecule has 7 nitrogen and oxygen atoms in total. The van der Waals surface area contributed by atoms with Crippen LogP contribution in [0.5, 0.6) is 0 Å². The molecule has 0 amide bonds. The molecule has 0 spiro atoms. The van der Waals surface area contributed by atoms with E-state index in [-0.39, 0.29) is 0 Å². The highest BCUT2D eigenvalue weighted by molar-refractivity contribution is 5.81. The third kappa shape index (κ3) is 4.57. The largest absolute Gasteiger partial charge is 0.386 e. The summed E-state index contributed by atoms with van der Waals surface area (Å²) in [4.78, 5) is 21.0. The number of aliphatic hydroxyl groups is 1. The number of alkyl halides is 2. The van der Waals surface area contributed by atoms with Gasteiger partial charge in [0.15, 0.2) is 0 Å². The zero-order chi connectivity index (χ0) is 20.4.